The van der Waals surface area contributed by atoms with Gasteiger partial charge in [0.05, 0.1) is 38.6 Å². The van der Waals surface area contributed by atoms with E-state index in [-0.39, 0.29) is 31.3 Å². The molecule has 0 amide bonds. The van der Waals surface area contributed by atoms with Gasteiger partial charge in [0.1, 0.15) is 54.3 Å². The van der Waals surface area contributed by atoms with Gasteiger partial charge in [-0.05, 0) is 0 Å². The molecule has 4 aliphatic rings. The highest BCUT2D eigenvalue weighted by atomic mass is 32.7. The number of nitrogens with two attached hydrogens (primary N) is 2. The fourth-order valence-electron chi connectivity index (χ4n) is 5.88. The van der Waals surface area contributed by atoms with Crippen molar-refractivity contribution in [1.29, 1.82) is 0 Å². The minimum atomic E-state index is -4.22. The largest absolute Gasteiger partial charge is 0.780 e. The lowest BCUT2D eigenvalue weighted by Crippen LogP contribution is -2.46. The Kier molecular flexibility index (Phi) is 6.81. The summed E-state index contributed by atoms with van der Waals surface area (Å²) in [6.45, 7) is -9.17. The van der Waals surface area contributed by atoms with Gasteiger partial charge in [-0.2, -0.15) is 0 Å². The van der Waals surface area contributed by atoms with Crippen LogP contribution in [0, 0.1) is 0 Å². The Bertz CT molecular complexity index is 1880. The summed E-state index contributed by atoms with van der Waals surface area (Å²) >= 11 is 10.6. The molecule has 19 nitrogen and oxygen atoms in total. The van der Waals surface area contributed by atoms with E-state index < -0.39 is 62.6 Å². The zero-order chi connectivity index (χ0) is 30.4. The van der Waals surface area contributed by atoms with E-state index in [2.05, 4.69) is 29.9 Å². The Morgan fingerprint density at radius 2 is 1.61 bits per heavy atom. The van der Waals surface area contributed by atoms with Gasteiger partial charge in [0.2, 0.25) is 0 Å². The monoisotopic (exact) mass is 684 g/mol. The Hall–Kier alpha value is -2.39. The molecule has 8 heterocycles. The molecule has 8 rings (SSSR count). The van der Waals surface area contributed by atoms with Crippen LogP contribution in [0.15, 0.2) is 25.3 Å². The fourth-order valence-corrected chi connectivity index (χ4v) is 8.79. The van der Waals surface area contributed by atoms with Crippen molar-refractivity contribution in [2.75, 3.05) is 31.3 Å². The Labute approximate surface area is 257 Å². The van der Waals surface area contributed by atoms with E-state index in [1.54, 1.807) is 9.13 Å². The maximum atomic E-state index is 13.6. The molecule has 0 saturated carbocycles. The lowest BCUT2D eigenvalue weighted by Gasteiger charge is -2.37. The Balaban J connectivity index is 1.12. The summed E-state index contributed by atoms with van der Waals surface area (Å²) in [6.07, 6.45) is 0.119. The number of rotatable bonds is 2. The third-order valence-corrected chi connectivity index (χ3v) is 10.9. The van der Waals surface area contributed by atoms with Crippen LogP contribution in [0.5, 0.6) is 0 Å². The summed E-state index contributed by atoms with van der Waals surface area (Å²) in [5.41, 5.74) is 11.8. The fraction of sp³-hybridized carbons (Fsp3) is 0.524. The van der Waals surface area contributed by atoms with E-state index in [1.165, 1.54) is 25.3 Å². The normalized spacial score (nSPS) is 39.2. The molecule has 9 atom stereocenters. The van der Waals surface area contributed by atoms with Gasteiger partial charge in [-0.3, -0.25) is 13.7 Å². The molecular weight excluding hydrogens is 662 g/mol. The molecule has 44 heavy (non-hydrogen) atoms. The van der Waals surface area contributed by atoms with E-state index in [1.807, 2.05) is 0 Å². The Morgan fingerprint density at radius 3 is 2.30 bits per heavy atom. The maximum absolute atomic E-state index is 13.6. The first-order valence-corrected chi connectivity index (χ1v) is 18.2. The summed E-state index contributed by atoms with van der Waals surface area (Å²) in [7, 11) is 0. The van der Waals surface area contributed by atoms with Gasteiger partial charge >= 0.3 is 0 Å². The lowest BCUT2D eigenvalue weighted by molar-refractivity contribution is -0.218. The van der Waals surface area contributed by atoms with Crippen LogP contribution in [0.25, 0.3) is 22.3 Å². The van der Waals surface area contributed by atoms with Crippen molar-refractivity contribution in [3.63, 3.8) is 0 Å². The summed E-state index contributed by atoms with van der Waals surface area (Å²) < 4.78 is 58.5. The van der Waals surface area contributed by atoms with Gasteiger partial charge in [-0.25, -0.2) is 29.9 Å². The Morgan fingerprint density at radius 1 is 0.955 bits per heavy atom. The first-order valence-electron chi connectivity index (χ1n) is 13.1. The number of aromatic nitrogens is 8. The van der Waals surface area contributed by atoms with E-state index in [4.69, 9.17) is 67.8 Å². The summed E-state index contributed by atoms with van der Waals surface area (Å²) in [6, 6.07) is 0. The van der Waals surface area contributed by atoms with Crippen molar-refractivity contribution in [3.05, 3.63) is 25.3 Å². The second kappa shape index (κ2) is 10.3. The van der Waals surface area contributed by atoms with Crippen LogP contribution < -0.4 is 16.4 Å². The van der Waals surface area contributed by atoms with Crippen molar-refractivity contribution in [1.82, 2.24) is 39.0 Å². The number of anilines is 2. The third kappa shape index (κ3) is 4.74. The molecule has 4 N–H and O–H groups in total. The topological polar surface area (TPSA) is 244 Å². The van der Waals surface area contributed by atoms with Crippen molar-refractivity contribution < 1.29 is 41.8 Å². The summed E-state index contributed by atoms with van der Waals surface area (Å²) in [5, 5.41) is 0. The van der Waals surface area contributed by atoms with Crippen LogP contribution in [0.4, 0.5) is 11.6 Å². The van der Waals surface area contributed by atoms with Crippen molar-refractivity contribution >= 4 is 71.5 Å². The molecular formula is C21H22N10O9P2S2-2. The molecule has 234 valence electrons. The van der Waals surface area contributed by atoms with Crippen LogP contribution in [0.2, 0.25) is 0 Å². The quantitative estimate of drug-likeness (QED) is 0.206. The van der Waals surface area contributed by atoms with Crippen LogP contribution in [0.1, 0.15) is 18.9 Å². The predicted octanol–water partition coefficient (Wildman–Crippen LogP) is -0.158. The highest BCUT2D eigenvalue weighted by Crippen LogP contribution is 2.57. The van der Waals surface area contributed by atoms with Crippen molar-refractivity contribution in [2.45, 2.75) is 48.9 Å². The number of imidazole rings is 2. The second-order valence-corrected chi connectivity index (χ2v) is 15.9. The van der Waals surface area contributed by atoms with E-state index in [0.29, 0.717) is 22.3 Å². The SMILES string of the molecule is Nc1ncnc2c1ncn2[C@@H]1O[C@@]23CO[C@@H]1[C@@H]2OP([O-])(=S)OC[C@@H]1C[C@@H](OP(=O)([S-])OC3)[C@H](n2cnc3c(N)ncnc32)O1. The predicted molar refractivity (Wildman–Crippen MR) is 151 cm³/mol. The minimum absolute atomic E-state index is 0.0901. The van der Waals surface area contributed by atoms with Crippen molar-refractivity contribution in [2.24, 2.45) is 0 Å². The summed E-state index contributed by atoms with van der Waals surface area (Å²) in [4.78, 5) is 38.5. The first kappa shape index (κ1) is 29.0. The minimum Gasteiger partial charge on any atom is -0.780 e. The number of nitrogen functional groups attached to an aromatic ring is 2. The number of nitrogens with zero attached hydrogens (tertiary/aromatic N) is 8. The summed E-state index contributed by atoms with van der Waals surface area (Å²) in [5.74, 6) is 0.327. The molecule has 4 aromatic heterocycles. The number of ether oxygens (including phenoxy) is 3. The highest BCUT2D eigenvalue weighted by molar-refractivity contribution is 8.32. The molecule has 0 radical (unpaired) electrons. The average Bonchev–Trinajstić information content (AvgIpc) is 3.79. The van der Waals surface area contributed by atoms with Crippen molar-refractivity contribution in [3.8, 4) is 0 Å². The lowest BCUT2D eigenvalue weighted by atomic mass is 10.0. The van der Waals surface area contributed by atoms with Gasteiger partial charge < -0.3 is 60.9 Å². The molecule has 0 spiro atoms. The van der Waals surface area contributed by atoms with Gasteiger partial charge in [0.25, 0.3) is 0 Å². The van der Waals surface area contributed by atoms with Gasteiger partial charge in [0.15, 0.2) is 42.2 Å². The van der Waals surface area contributed by atoms with E-state index >= 15 is 0 Å². The average molecular weight is 685 g/mol. The highest BCUT2D eigenvalue weighted by Gasteiger charge is 2.64. The van der Waals surface area contributed by atoms with Crippen LogP contribution >= 0.6 is 13.5 Å². The number of fused-ring (bicyclic) bond motifs is 4. The number of hydrogen-bond acceptors (Lipinski definition) is 19. The molecule has 4 fully saturated rings. The zero-order valence-electron chi connectivity index (χ0n) is 22.2. The van der Waals surface area contributed by atoms with Gasteiger partial charge in [-0.1, -0.05) is 11.8 Å². The molecule has 0 aliphatic carbocycles. The van der Waals surface area contributed by atoms with E-state index in [0.717, 1.165) is 0 Å². The number of hydrogen-bond donors (Lipinski definition) is 2. The maximum Gasteiger partial charge on any atom is 0.200 e. The molecule has 4 aliphatic heterocycles. The van der Waals surface area contributed by atoms with Crippen LogP contribution in [-0.2, 0) is 60.9 Å². The third-order valence-electron chi connectivity index (χ3n) is 7.83. The smallest absolute Gasteiger partial charge is 0.200 e. The molecule has 0 aromatic carbocycles. The molecule has 4 aromatic rings. The molecule has 4 bridgehead atoms. The first-order chi connectivity index (χ1) is 21.0. The van der Waals surface area contributed by atoms with Crippen LogP contribution in [0.3, 0.4) is 0 Å². The van der Waals surface area contributed by atoms with Gasteiger partial charge in [0, 0.05) is 6.42 Å². The standard InChI is InChI=1S/C21H24N10O9P2S2/c22-15-11-17(26-5-24-15)30(7-28-11)19-10-1-9(37-19)2-35-41(32,43)40-14-13-20(31-8-29-12-16(23)25-6-27-18(12)31)38-21(14,3-34-13)4-36-42(33,44)39-10/h5-10,13-14,19-20H,1-4H2,(H,32,43)(H,33,44)(H2,22,24,26)(H2,23,25,27)/p-2/t9-,10+,13+,14-,19+,20+,21+,41?,42?/m0/s1. The van der Waals surface area contributed by atoms with Crippen LogP contribution in [-0.4, -0.2) is 88.9 Å². The second-order valence-electron chi connectivity index (χ2n) is 10.5. The van der Waals surface area contributed by atoms with E-state index in [9.17, 15) is 9.46 Å². The van der Waals surface area contributed by atoms with Gasteiger partial charge in [-0.15, -0.1) is 0 Å². The molecule has 4 saturated heterocycles. The molecule has 23 heteroatoms. The zero-order valence-corrected chi connectivity index (χ0v) is 25.6. The molecule has 2 unspecified atom stereocenters.